The van der Waals surface area contributed by atoms with Crippen molar-refractivity contribution >= 4 is 0 Å². The van der Waals surface area contributed by atoms with Gasteiger partial charge in [0.15, 0.2) is 0 Å². The highest BCUT2D eigenvalue weighted by molar-refractivity contribution is 5.33. The second-order valence-electron chi connectivity index (χ2n) is 4.36. The zero-order valence-electron chi connectivity index (χ0n) is 8.37. The highest BCUT2D eigenvalue weighted by Gasteiger charge is 2.35. The summed E-state index contributed by atoms with van der Waals surface area (Å²) in [5.74, 6) is 0.409. The molecule has 0 aliphatic heterocycles. The standard InChI is InChI=1S/C12H17NO/c13-9-12(6-3-7-12)8-10-4-1-2-5-11(10)14/h1-2,4-5,14H,3,6-9,13H2. The van der Waals surface area contributed by atoms with Crippen molar-refractivity contribution in [3.8, 4) is 5.75 Å². The van der Waals surface area contributed by atoms with Gasteiger partial charge in [0.25, 0.3) is 0 Å². The molecule has 3 N–H and O–H groups in total. The van der Waals surface area contributed by atoms with E-state index < -0.39 is 0 Å². The van der Waals surface area contributed by atoms with Crippen LogP contribution in [-0.2, 0) is 6.42 Å². The summed E-state index contributed by atoms with van der Waals surface area (Å²) < 4.78 is 0. The first-order valence-electron chi connectivity index (χ1n) is 5.23. The lowest BCUT2D eigenvalue weighted by molar-refractivity contribution is 0.143. The molecule has 2 nitrogen and oxygen atoms in total. The largest absolute Gasteiger partial charge is 0.508 e. The molecule has 76 valence electrons. The van der Waals surface area contributed by atoms with Gasteiger partial charge in [0.2, 0.25) is 0 Å². The van der Waals surface area contributed by atoms with Crippen LogP contribution in [0.2, 0.25) is 0 Å². The quantitative estimate of drug-likeness (QED) is 0.768. The molecule has 2 rings (SSSR count). The zero-order valence-corrected chi connectivity index (χ0v) is 8.37. The van der Waals surface area contributed by atoms with Crippen molar-refractivity contribution in [3.63, 3.8) is 0 Å². The fourth-order valence-corrected chi connectivity index (χ4v) is 2.19. The molecular weight excluding hydrogens is 174 g/mol. The maximum Gasteiger partial charge on any atom is 0.118 e. The highest BCUT2D eigenvalue weighted by Crippen LogP contribution is 2.43. The molecular formula is C12H17NO. The van der Waals surface area contributed by atoms with Gasteiger partial charge < -0.3 is 10.8 Å². The molecule has 0 radical (unpaired) electrons. The molecule has 0 amide bonds. The molecule has 0 saturated heterocycles. The molecule has 2 heteroatoms. The van der Waals surface area contributed by atoms with Crippen molar-refractivity contribution in [2.24, 2.45) is 11.1 Å². The zero-order chi connectivity index (χ0) is 10.0. The van der Waals surface area contributed by atoms with Crippen molar-refractivity contribution in [2.75, 3.05) is 6.54 Å². The second-order valence-corrected chi connectivity index (χ2v) is 4.36. The average Bonchev–Trinajstić information content (AvgIpc) is 2.14. The molecule has 1 aliphatic carbocycles. The molecule has 0 bridgehead atoms. The van der Waals surface area contributed by atoms with E-state index in [1.165, 1.54) is 19.3 Å². The molecule has 1 aromatic rings. The summed E-state index contributed by atoms with van der Waals surface area (Å²) in [5.41, 5.74) is 7.10. The Hall–Kier alpha value is -1.02. The van der Waals surface area contributed by atoms with Crippen molar-refractivity contribution in [2.45, 2.75) is 25.7 Å². The highest BCUT2D eigenvalue weighted by atomic mass is 16.3. The summed E-state index contributed by atoms with van der Waals surface area (Å²) in [6.45, 7) is 0.737. The van der Waals surface area contributed by atoms with E-state index in [1.807, 2.05) is 18.2 Å². The predicted octanol–water partition coefficient (Wildman–Crippen LogP) is 2.06. The molecule has 14 heavy (non-hydrogen) atoms. The lowest BCUT2D eigenvalue weighted by Gasteiger charge is -2.41. The van der Waals surface area contributed by atoms with Crippen LogP contribution in [0, 0.1) is 5.41 Å². The minimum atomic E-state index is 0.277. The summed E-state index contributed by atoms with van der Waals surface area (Å²) in [7, 11) is 0. The van der Waals surface area contributed by atoms with E-state index >= 15 is 0 Å². The van der Waals surface area contributed by atoms with E-state index in [0.29, 0.717) is 5.75 Å². The Morgan fingerprint density at radius 3 is 2.50 bits per heavy atom. The molecule has 1 aliphatic rings. The Bertz CT molecular complexity index is 312. The van der Waals surface area contributed by atoms with E-state index in [0.717, 1.165) is 18.5 Å². The van der Waals surface area contributed by atoms with Crippen molar-refractivity contribution < 1.29 is 5.11 Å². The van der Waals surface area contributed by atoms with Gasteiger partial charge in [0, 0.05) is 0 Å². The van der Waals surface area contributed by atoms with E-state index in [-0.39, 0.29) is 5.41 Å². The minimum Gasteiger partial charge on any atom is -0.508 e. The number of hydrogen-bond donors (Lipinski definition) is 2. The monoisotopic (exact) mass is 191 g/mol. The van der Waals surface area contributed by atoms with Gasteiger partial charge in [-0.05, 0) is 42.9 Å². The first-order chi connectivity index (χ1) is 6.76. The molecule has 0 spiro atoms. The van der Waals surface area contributed by atoms with Gasteiger partial charge >= 0.3 is 0 Å². The Morgan fingerprint density at radius 2 is 2.00 bits per heavy atom. The summed E-state index contributed by atoms with van der Waals surface area (Å²) in [6.07, 6.45) is 4.62. The first kappa shape index (κ1) is 9.53. The minimum absolute atomic E-state index is 0.277. The van der Waals surface area contributed by atoms with Crippen molar-refractivity contribution in [1.82, 2.24) is 0 Å². The Morgan fingerprint density at radius 1 is 1.29 bits per heavy atom. The van der Waals surface area contributed by atoms with E-state index in [2.05, 4.69) is 0 Å². The van der Waals surface area contributed by atoms with Crippen LogP contribution in [-0.4, -0.2) is 11.7 Å². The maximum absolute atomic E-state index is 9.65. The molecule has 0 heterocycles. The lowest BCUT2D eigenvalue weighted by Crippen LogP contribution is -2.39. The summed E-state index contributed by atoms with van der Waals surface area (Å²) in [4.78, 5) is 0. The molecule has 1 fully saturated rings. The fraction of sp³-hybridized carbons (Fsp3) is 0.500. The third kappa shape index (κ3) is 1.62. The molecule has 1 aromatic carbocycles. The normalized spacial score (nSPS) is 18.9. The Balaban J connectivity index is 2.13. The topological polar surface area (TPSA) is 46.2 Å². The lowest BCUT2D eigenvalue weighted by atomic mass is 9.65. The van der Waals surface area contributed by atoms with Crippen molar-refractivity contribution in [3.05, 3.63) is 29.8 Å². The number of hydrogen-bond acceptors (Lipinski definition) is 2. The van der Waals surface area contributed by atoms with Crippen LogP contribution < -0.4 is 5.73 Å². The van der Waals surface area contributed by atoms with Gasteiger partial charge in [0.05, 0.1) is 0 Å². The van der Waals surface area contributed by atoms with Gasteiger partial charge in [-0.1, -0.05) is 24.6 Å². The van der Waals surface area contributed by atoms with E-state index in [9.17, 15) is 5.11 Å². The average molecular weight is 191 g/mol. The Kier molecular flexibility index (Phi) is 2.46. The first-order valence-corrected chi connectivity index (χ1v) is 5.23. The second kappa shape index (κ2) is 3.62. The molecule has 0 atom stereocenters. The van der Waals surface area contributed by atoms with Crippen LogP contribution in [0.15, 0.2) is 24.3 Å². The third-order valence-corrected chi connectivity index (χ3v) is 3.40. The van der Waals surface area contributed by atoms with Crippen LogP contribution in [0.1, 0.15) is 24.8 Å². The predicted molar refractivity (Wildman–Crippen MR) is 57.1 cm³/mol. The van der Waals surface area contributed by atoms with Crippen LogP contribution in [0.3, 0.4) is 0 Å². The number of phenolic OH excluding ortho intramolecular Hbond substituents is 1. The van der Waals surface area contributed by atoms with Crippen LogP contribution in [0.4, 0.5) is 0 Å². The van der Waals surface area contributed by atoms with Gasteiger partial charge in [-0.25, -0.2) is 0 Å². The third-order valence-electron chi connectivity index (χ3n) is 3.40. The summed E-state index contributed by atoms with van der Waals surface area (Å²) >= 11 is 0. The van der Waals surface area contributed by atoms with Gasteiger partial charge in [-0.15, -0.1) is 0 Å². The number of nitrogens with two attached hydrogens (primary N) is 1. The van der Waals surface area contributed by atoms with E-state index in [1.54, 1.807) is 6.07 Å². The van der Waals surface area contributed by atoms with Gasteiger partial charge in [-0.3, -0.25) is 0 Å². The molecule has 0 aromatic heterocycles. The van der Waals surface area contributed by atoms with Crippen molar-refractivity contribution in [1.29, 1.82) is 0 Å². The number of benzene rings is 1. The SMILES string of the molecule is NCC1(Cc2ccccc2O)CCC1. The van der Waals surface area contributed by atoms with Gasteiger partial charge in [-0.2, -0.15) is 0 Å². The van der Waals surface area contributed by atoms with Gasteiger partial charge in [0.1, 0.15) is 5.75 Å². The maximum atomic E-state index is 9.65. The van der Waals surface area contributed by atoms with E-state index in [4.69, 9.17) is 5.73 Å². The van der Waals surface area contributed by atoms with Crippen LogP contribution in [0.25, 0.3) is 0 Å². The number of rotatable bonds is 3. The van der Waals surface area contributed by atoms with Crippen LogP contribution >= 0.6 is 0 Å². The number of aromatic hydroxyl groups is 1. The molecule has 0 unspecified atom stereocenters. The number of phenols is 1. The number of para-hydroxylation sites is 1. The smallest absolute Gasteiger partial charge is 0.118 e. The fourth-order valence-electron chi connectivity index (χ4n) is 2.19. The molecule has 1 saturated carbocycles. The summed E-state index contributed by atoms with van der Waals surface area (Å²) in [6, 6.07) is 7.57. The van der Waals surface area contributed by atoms with Crippen LogP contribution in [0.5, 0.6) is 5.75 Å². The Labute approximate surface area is 84.7 Å². The summed E-state index contributed by atoms with van der Waals surface area (Å²) in [5, 5.41) is 9.65.